The highest BCUT2D eigenvalue weighted by molar-refractivity contribution is 6.01. The average molecular weight is 1280 g/mol. The Hall–Kier alpha value is -7.40. The van der Waals surface area contributed by atoms with Gasteiger partial charge in [0.25, 0.3) is 0 Å². The van der Waals surface area contributed by atoms with Crippen LogP contribution in [-0.4, -0.2) is 180 Å². The van der Waals surface area contributed by atoms with Gasteiger partial charge < -0.3 is 79.2 Å². The van der Waals surface area contributed by atoms with Gasteiger partial charge in [-0.15, -0.1) is 0 Å². The van der Waals surface area contributed by atoms with E-state index in [1.807, 2.05) is 37.3 Å². The number of aliphatic hydroxyl groups is 2. The van der Waals surface area contributed by atoms with Crippen molar-refractivity contribution in [3.63, 3.8) is 0 Å². The number of ether oxygens (including phenoxy) is 1. The Morgan fingerprint density at radius 1 is 0.656 bits per heavy atom. The quantitative estimate of drug-likeness (QED) is 0.0295. The van der Waals surface area contributed by atoms with Crippen LogP contribution in [0.4, 0.5) is 8.78 Å². The SMILES string of the molecule is CCCCCCC[C@@H]1NC(=O)C2(CC2CC(F)F)NC(=O)[C@H](C)NC(=O)[C@H](NC(=O)[C@H](CO)NC(=O)[C@@H](NC(=O)[C@H](NC(=O)[C@@H](CCC(N)=O)NC(=O)[C@H](CO)NC(=O)[C@@H](NC(=O)[C@@H](Cc2ccccc2)NC)[C@@H](C)CC)[C@@H](C)CC)[C@@H](C)CC)[C@H](C)OC1=O. The molecule has 11 amide bonds. The third kappa shape index (κ3) is 23.1. The summed E-state index contributed by atoms with van der Waals surface area (Å²) in [7, 11) is 1.59. The normalized spacial score (nSPS) is 22.8. The molecule has 0 bridgehead atoms. The Morgan fingerprint density at radius 3 is 1.64 bits per heavy atom. The minimum Gasteiger partial charge on any atom is -0.458 e. The average Bonchev–Trinajstić information content (AvgIpc) is 1.59. The van der Waals surface area contributed by atoms with Gasteiger partial charge in [0.05, 0.1) is 19.3 Å². The number of benzene rings is 1. The van der Waals surface area contributed by atoms with Crippen molar-refractivity contribution in [2.75, 3.05) is 20.3 Å². The molecule has 0 radical (unpaired) electrons. The predicted molar refractivity (Wildman–Crippen MR) is 326 cm³/mol. The molecule has 15 N–H and O–H groups in total. The summed E-state index contributed by atoms with van der Waals surface area (Å²) in [5.41, 5.74) is 4.48. The number of nitrogens with two attached hydrogens (primary N) is 1. The van der Waals surface area contributed by atoms with E-state index in [2.05, 4.69) is 58.5 Å². The number of rotatable bonds is 36. The molecule has 29 heteroatoms. The molecule has 1 spiro atoms. The predicted octanol–water partition coefficient (Wildman–Crippen LogP) is -0.576. The van der Waals surface area contributed by atoms with Crippen LogP contribution in [0, 0.1) is 23.7 Å². The maximum atomic E-state index is 14.4. The zero-order valence-corrected chi connectivity index (χ0v) is 53.5. The molecule has 1 aliphatic heterocycles. The highest BCUT2D eigenvalue weighted by atomic mass is 19.3. The lowest BCUT2D eigenvalue weighted by atomic mass is 9.94. The van der Waals surface area contributed by atoms with Crippen LogP contribution < -0.4 is 64.2 Å². The van der Waals surface area contributed by atoms with Crippen molar-refractivity contribution in [1.82, 2.24) is 58.5 Å². The van der Waals surface area contributed by atoms with E-state index in [1.165, 1.54) is 13.8 Å². The molecule has 2 fully saturated rings. The van der Waals surface area contributed by atoms with Gasteiger partial charge in [0, 0.05) is 12.8 Å². The Morgan fingerprint density at radius 2 is 1.14 bits per heavy atom. The second kappa shape index (κ2) is 37.7. The van der Waals surface area contributed by atoms with Crippen molar-refractivity contribution < 1.29 is 81.3 Å². The van der Waals surface area contributed by atoms with Gasteiger partial charge >= 0.3 is 5.97 Å². The lowest BCUT2D eigenvalue weighted by molar-refractivity contribution is -0.156. The molecule has 506 valence electrons. The number of carbonyl (C=O) groups excluding carboxylic acids is 12. The zero-order valence-electron chi connectivity index (χ0n) is 53.5. The molecule has 2 unspecified atom stereocenters. The molecule has 27 nitrogen and oxygen atoms in total. The summed E-state index contributed by atoms with van der Waals surface area (Å²) in [5.74, 6) is -14.3. The molecular weight excluding hydrogens is 1180 g/mol. The third-order valence-electron chi connectivity index (χ3n) is 16.9. The molecule has 2 aliphatic rings. The van der Waals surface area contributed by atoms with Gasteiger partial charge in [-0.05, 0) is 75.8 Å². The summed E-state index contributed by atoms with van der Waals surface area (Å²) in [6, 6.07) is -5.54. The summed E-state index contributed by atoms with van der Waals surface area (Å²) in [4.78, 5) is 166. The van der Waals surface area contributed by atoms with Crippen LogP contribution in [0.3, 0.4) is 0 Å². The van der Waals surface area contributed by atoms with Gasteiger partial charge in [-0.1, -0.05) is 130 Å². The number of halogens is 2. The zero-order chi connectivity index (χ0) is 67.6. The van der Waals surface area contributed by atoms with Gasteiger partial charge in [0.15, 0.2) is 0 Å². The van der Waals surface area contributed by atoms with E-state index in [4.69, 9.17) is 10.5 Å². The van der Waals surface area contributed by atoms with Crippen molar-refractivity contribution >= 4 is 70.9 Å². The maximum absolute atomic E-state index is 14.4. The first-order chi connectivity index (χ1) is 42.6. The van der Waals surface area contributed by atoms with E-state index in [1.54, 1.807) is 48.6 Å². The number of cyclic esters (lactones) is 1. The second-order valence-corrected chi connectivity index (χ2v) is 23.8. The van der Waals surface area contributed by atoms with E-state index < -0.39 is 206 Å². The van der Waals surface area contributed by atoms with Crippen LogP contribution in [-0.2, 0) is 68.7 Å². The van der Waals surface area contributed by atoms with Gasteiger partial charge in [-0.25, -0.2) is 13.6 Å². The number of hydrogen-bond acceptors (Lipinski definition) is 16. The number of amides is 11. The van der Waals surface area contributed by atoms with Crippen molar-refractivity contribution in [1.29, 1.82) is 0 Å². The highest BCUT2D eigenvalue weighted by Gasteiger charge is 2.62. The first-order valence-corrected chi connectivity index (χ1v) is 31.3. The number of carbonyl (C=O) groups is 12. The van der Waals surface area contributed by atoms with Crippen molar-refractivity contribution in [3.8, 4) is 0 Å². The van der Waals surface area contributed by atoms with Crippen molar-refractivity contribution in [2.45, 2.75) is 231 Å². The van der Waals surface area contributed by atoms with Gasteiger partial charge in [0.1, 0.15) is 66.0 Å². The largest absolute Gasteiger partial charge is 0.458 e. The topological polar surface area (TPSA) is 413 Å². The summed E-state index contributed by atoms with van der Waals surface area (Å²) >= 11 is 0. The molecule has 1 saturated heterocycles. The fraction of sp³-hybridized carbons (Fsp3) is 0.705. The summed E-state index contributed by atoms with van der Waals surface area (Å²) in [6.07, 6.45) is -1.26. The number of nitrogens with one attached hydrogen (secondary N) is 11. The number of primary amides is 1. The number of likely N-dealkylation sites (N-methyl/N-ethyl adjacent to an activating group) is 1. The number of aliphatic hydroxyl groups excluding tert-OH is 2. The lowest BCUT2D eigenvalue weighted by Gasteiger charge is -2.31. The van der Waals surface area contributed by atoms with Gasteiger partial charge in [0.2, 0.25) is 71.4 Å². The molecule has 3 rings (SSSR count). The number of hydrogen-bond donors (Lipinski definition) is 14. The fourth-order valence-corrected chi connectivity index (χ4v) is 10.3. The Balaban J connectivity index is 1.86. The molecule has 1 aromatic rings. The van der Waals surface area contributed by atoms with E-state index in [0.29, 0.717) is 25.7 Å². The van der Waals surface area contributed by atoms with Crippen LogP contribution in [0.5, 0.6) is 0 Å². The van der Waals surface area contributed by atoms with Gasteiger partial charge in [-0.3, -0.25) is 52.7 Å². The molecular formula is C61H98F2N12O15. The summed E-state index contributed by atoms with van der Waals surface area (Å²) < 4.78 is 33.0. The molecule has 1 aromatic carbocycles. The molecule has 1 saturated carbocycles. The van der Waals surface area contributed by atoms with Gasteiger partial charge in [-0.2, -0.15) is 0 Å². The van der Waals surface area contributed by atoms with Crippen LogP contribution in [0.1, 0.15) is 151 Å². The van der Waals surface area contributed by atoms with Crippen molar-refractivity contribution in [2.24, 2.45) is 29.4 Å². The van der Waals surface area contributed by atoms with Crippen LogP contribution in [0.15, 0.2) is 30.3 Å². The molecule has 90 heavy (non-hydrogen) atoms. The Bertz CT molecular complexity index is 2610. The summed E-state index contributed by atoms with van der Waals surface area (Å²) in [5, 5.41) is 49.0. The maximum Gasteiger partial charge on any atom is 0.328 e. The fourth-order valence-electron chi connectivity index (χ4n) is 10.3. The molecule has 1 heterocycles. The minimum atomic E-state index is -2.83. The molecule has 16 atom stereocenters. The van der Waals surface area contributed by atoms with Crippen molar-refractivity contribution in [3.05, 3.63) is 35.9 Å². The second-order valence-electron chi connectivity index (χ2n) is 23.8. The number of alkyl halides is 2. The minimum absolute atomic E-state index is 0.0315. The van der Waals surface area contributed by atoms with E-state index >= 15 is 0 Å². The first-order valence-electron chi connectivity index (χ1n) is 31.3. The third-order valence-corrected chi connectivity index (χ3v) is 16.9. The smallest absolute Gasteiger partial charge is 0.328 e. The number of unbranched alkanes of at least 4 members (excludes halogenated alkanes) is 4. The monoisotopic (exact) mass is 1280 g/mol. The number of esters is 1. The Kier molecular flexibility index (Phi) is 32.2. The first kappa shape index (κ1) is 76.8. The van der Waals surface area contributed by atoms with Crippen LogP contribution >= 0.6 is 0 Å². The van der Waals surface area contributed by atoms with Crippen LogP contribution in [0.25, 0.3) is 0 Å². The molecule has 0 aromatic heterocycles. The lowest BCUT2D eigenvalue weighted by Crippen LogP contribution is -2.63. The Labute approximate surface area is 525 Å². The van der Waals surface area contributed by atoms with Crippen LogP contribution in [0.2, 0.25) is 0 Å². The highest BCUT2D eigenvalue weighted by Crippen LogP contribution is 2.47. The summed E-state index contributed by atoms with van der Waals surface area (Å²) in [6.45, 7) is 12.5. The van der Waals surface area contributed by atoms with E-state index in [9.17, 15) is 76.5 Å². The van der Waals surface area contributed by atoms with E-state index in [-0.39, 0.29) is 25.7 Å². The van der Waals surface area contributed by atoms with E-state index in [0.717, 1.165) is 24.8 Å². The standard InChI is InChI=1S/C61H98F2N12O15/c1-11-15-16-17-21-24-40-59(88)90-36(9)49(58(87)66-35(8)50(79)75-61(60(89)70-40)29-38(61)28-44(62)63)74-54(83)43(31-77)69-56(85)47(33(6)13-3)73-57(86)48(34(7)14-4)71-51(80)39(25-26-45(64)78)67-53(82)42(30-76)68-55(84)46(32(5)12-2)72-52(81)41(65-10)27-37-22-19-18-20-23-37/h18-20,22-23,32-36,38-44,46-49,65,76-77H,11-17,21,24-31H2,1-10H3,(H2,64,78)(H,66,87)(H,67,82)(H,68,84)(H,69,85)(H,70,89)(H,71,80)(H,72,81)(H,73,86)(H,74,83)(H,75,79)/t32-,33-,34-,35-,36-,38?,39+,40-,41+,42-,43-,46-,47-,48+,49+,61?/m0/s1. The molecule has 1 aliphatic carbocycles.